The summed E-state index contributed by atoms with van der Waals surface area (Å²) >= 11 is 0. The minimum absolute atomic E-state index is 0.101. The second-order valence-corrected chi connectivity index (χ2v) is 5.91. The van der Waals surface area contributed by atoms with Gasteiger partial charge in [-0.2, -0.15) is 0 Å². The van der Waals surface area contributed by atoms with Crippen LogP contribution in [0.25, 0.3) is 11.3 Å². The summed E-state index contributed by atoms with van der Waals surface area (Å²) in [6.07, 6.45) is 1.55. The number of oxazole rings is 1. The Morgan fingerprint density at radius 1 is 1.22 bits per heavy atom. The van der Waals surface area contributed by atoms with Gasteiger partial charge in [-0.25, -0.2) is 9.78 Å². The van der Waals surface area contributed by atoms with Crippen molar-refractivity contribution in [3.05, 3.63) is 76.3 Å². The third kappa shape index (κ3) is 4.12. The van der Waals surface area contributed by atoms with Gasteiger partial charge < -0.3 is 14.1 Å². The van der Waals surface area contributed by atoms with Crippen LogP contribution in [0.15, 0.2) is 59.1 Å². The maximum absolute atomic E-state index is 12.5. The van der Waals surface area contributed by atoms with Crippen LogP contribution in [0.4, 0.5) is 11.4 Å². The summed E-state index contributed by atoms with van der Waals surface area (Å²) in [5.41, 5.74) is 1.29. The summed E-state index contributed by atoms with van der Waals surface area (Å²) in [6, 6.07) is 13.4. The Morgan fingerprint density at radius 3 is 2.63 bits per heavy atom. The van der Waals surface area contributed by atoms with Crippen LogP contribution < -0.4 is 4.90 Å². The molecule has 0 aliphatic heterocycles. The van der Waals surface area contributed by atoms with Crippen LogP contribution in [-0.2, 0) is 11.3 Å². The van der Waals surface area contributed by atoms with Crippen molar-refractivity contribution >= 4 is 17.3 Å². The van der Waals surface area contributed by atoms with Crippen LogP contribution >= 0.6 is 0 Å². The molecule has 1 aromatic heterocycles. The highest BCUT2D eigenvalue weighted by atomic mass is 16.6. The number of nitrogens with zero attached hydrogens (tertiary/aromatic N) is 3. The van der Waals surface area contributed by atoms with Crippen molar-refractivity contribution in [1.29, 1.82) is 0 Å². The van der Waals surface area contributed by atoms with E-state index in [1.165, 1.54) is 18.2 Å². The minimum Gasteiger partial charge on any atom is -0.452 e. The molecule has 3 aromatic rings. The number of carbonyl (C=O) groups is 1. The molecule has 2 aromatic carbocycles. The predicted octanol–water partition coefficient (Wildman–Crippen LogP) is 3.67. The molecule has 0 saturated heterocycles. The van der Waals surface area contributed by atoms with E-state index < -0.39 is 10.9 Å². The Labute approximate surface area is 155 Å². The Kier molecular flexibility index (Phi) is 5.16. The number of benzene rings is 2. The maximum atomic E-state index is 12.5. The molecule has 0 fully saturated rings. The molecule has 8 nitrogen and oxygen atoms in total. The Bertz CT molecular complexity index is 966. The molecule has 138 valence electrons. The first-order valence-electron chi connectivity index (χ1n) is 8.08. The van der Waals surface area contributed by atoms with Crippen molar-refractivity contribution < 1.29 is 18.9 Å². The summed E-state index contributed by atoms with van der Waals surface area (Å²) < 4.78 is 10.8. The monoisotopic (exact) mass is 367 g/mol. The molecular formula is C19H17N3O5. The van der Waals surface area contributed by atoms with E-state index in [1.807, 2.05) is 30.3 Å². The fraction of sp³-hybridized carbons (Fsp3) is 0.158. The molecule has 0 bridgehead atoms. The van der Waals surface area contributed by atoms with Gasteiger partial charge in [0.2, 0.25) is 5.89 Å². The van der Waals surface area contributed by atoms with Crippen LogP contribution in [0.3, 0.4) is 0 Å². The Hall–Kier alpha value is -3.68. The Balaban J connectivity index is 1.75. The van der Waals surface area contributed by atoms with E-state index in [0.29, 0.717) is 11.4 Å². The number of anilines is 1. The van der Waals surface area contributed by atoms with E-state index in [0.717, 1.165) is 5.56 Å². The molecule has 0 unspecified atom stereocenters. The van der Waals surface area contributed by atoms with Gasteiger partial charge in [0, 0.05) is 31.8 Å². The molecule has 0 radical (unpaired) electrons. The number of carbonyl (C=O) groups excluding carboxylic acids is 1. The first kappa shape index (κ1) is 18.1. The Morgan fingerprint density at radius 2 is 1.96 bits per heavy atom. The lowest BCUT2D eigenvalue weighted by atomic mass is 10.1. The smallest absolute Gasteiger partial charge is 0.341 e. The summed E-state index contributed by atoms with van der Waals surface area (Å²) in [5, 5.41) is 11.0. The van der Waals surface area contributed by atoms with E-state index in [4.69, 9.17) is 9.15 Å². The number of rotatable bonds is 6. The van der Waals surface area contributed by atoms with Crippen LogP contribution in [0.2, 0.25) is 0 Å². The zero-order chi connectivity index (χ0) is 19.4. The standard InChI is InChI=1S/C19H17N3O5/c1-21(2)16-9-8-14(22(24)25)10-15(16)19(23)26-12-18-20-11-17(27-18)13-6-4-3-5-7-13/h3-11H,12H2,1-2H3. The van der Waals surface area contributed by atoms with Gasteiger partial charge in [0.25, 0.3) is 5.69 Å². The normalized spacial score (nSPS) is 10.4. The first-order chi connectivity index (χ1) is 13.0. The van der Waals surface area contributed by atoms with Crippen molar-refractivity contribution in [1.82, 2.24) is 4.98 Å². The average molecular weight is 367 g/mol. The van der Waals surface area contributed by atoms with Crippen LogP contribution in [-0.4, -0.2) is 30.0 Å². The van der Waals surface area contributed by atoms with Gasteiger partial charge in [-0.1, -0.05) is 30.3 Å². The quantitative estimate of drug-likeness (QED) is 0.372. The molecule has 0 spiro atoms. The SMILES string of the molecule is CN(C)c1ccc([N+](=O)[O-])cc1C(=O)OCc1ncc(-c2ccccc2)o1. The molecule has 8 heteroatoms. The number of hydrogen-bond acceptors (Lipinski definition) is 7. The van der Waals surface area contributed by atoms with Gasteiger partial charge in [0.05, 0.1) is 22.4 Å². The predicted molar refractivity (Wildman–Crippen MR) is 98.5 cm³/mol. The highest BCUT2D eigenvalue weighted by molar-refractivity contribution is 5.96. The van der Waals surface area contributed by atoms with E-state index >= 15 is 0 Å². The fourth-order valence-corrected chi connectivity index (χ4v) is 2.51. The van der Waals surface area contributed by atoms with Gasteiger partial charge >= 0.3 is 5.97 Å². The average Bonchev–Trinajstić information content (AvgIpc) is 3.15. The van der Waals surface area contributed by atoms with E-state index in [-0.39, 0.29) is 23.7 Å². The molecule has 0 atom stereocenters. The second-order valence-electron chi connectivity index (χ2n) is 5.91. The van der Waals surface area contributed by atoms with Gasteiger partial charge in [0.1, 0.15) is 0 Å². The van der Waals surface area contributed by atoms with Crippen molar-refractivity contribution in [2.45, 2.75) is 6.61 Å². The number of hydrogen-bond donors (Lipinski definition) is 0. The lowest BCUT2D eigenvalue weighted by Gasteiger charge is -2.16. The molecule has 0 aliphatic rings. The van der Waals surface area contributed by atoms with Crippen molar-refractivity contribution in [3.8, 4) is 11.3 Å². The van der Waals surface area contributed by atoms with Crippen LogP contribution in [0.1, 0.15) is 16.2 Å². The van der Waals surface area contributed by atoms with Crippen molar-refractivity contribution in [2.75, 3.05) is 19.0 Å². The molecule has 0 amide bonds. The van der Waals surface area contributed by atoms with E-state index in [1.54, 1.807) is 25.2 Å². The number of esters is 1. The highest BCUT2D eigenvalue weighted by Gasteiger charge is 2.20. The number of aromatic nitrogens is 1. The van der Waals surface area contributed by atoms with Gasteiger partial charge in [-0.15, -0.1) is 0 Å². The van der Waals surface area contributed by atoms with E-state index in [9.17, 15) is 14.9 Å². The summed E-state index contributed by atoms with van der Waals surface area (Å²) in [7, 11) is 3.47. The lowest BCUT2D eigenvalue weighted by molar-refractivity contribution is -0.384. The van der Waals surface area contributed by atoms with Gasteiger partial charge in [0.15, 0.2) is 12.4 Å². The number of nitro groups is 1. The third-order valence-electron chi connectivity index (χ3n) is 3.83. The molecule has 0 N–H and O–H groups in total. The molecule has 0 aliphatic carbocycles. The molecule has 0 saturated carbocycles. The molecule has 3 rings (SSSR count). The lowest BCUT2D eigenvalue weighted by Crippen LogP contribution is -2.16. The zero-order valence-electron chi connectivity index (χ0n) is 14.8. The fourth-order valence-electron chi connectivity index (χ4n) is 2.51. The maximum Gasteiger partial charge on any atom is 0.341 e. The zero-order valence-corrected chi connectivity index (χ0v) is 14.8. The van der Waals surface area contributed by atoms with Crippen LogP contribution in [0, 0.1) is 10.1 Å². The second kappa shape index (κ2) is 7.69. The van der Waals surface area contributed by atoms with Crippen molar-refractivity contribution in [2.24, 2.45) is 0 Å². The topological polar surface area (TPSA) is 98.7 Å². The first-order valence-corrected chi connectivity index (χ1v) is 8.08. The number of nitro benzene ring substituents is 1. The van der Waals surface area contributed by atoms with E-state index in [2.05, 4.69) is 4.98 Å². The molecule has 27 heavy (non-hydrogen) atoms. The third-order valence-corrected chi connectivity index (χ3v) is 3.83. The van der Waals surface area contributed by atoms with Gasteiger partial charge in [-0.3, -0.25) is 10.1 Å². The highest BCUT2D eigenvalue weighted by Crippen LogP contribution is 2.26. The summed E-state index contributed by atoms with van der Waals surface area (Å²) in [4.78, 5) is 28.7. The van der Waals surface area contributed by atoms with Crippen molar-refractivity contribution in [3.63, 3.8) is 0 Å². The summed E-state index contributed by atoms with van der Waals surface area (Å²) in [6.45, 7) is -0.179. The number of ether oxygens (including phenoxy) is 1. The number of non-ortho nitro benzene ring substituents is 1. The summed E-state index contributed by atoms with van der Waals surface area (Å²) in [5.74, 6) is 0.104. The van der Waals surface area contributed by atoms with Gasteiger partial charge in [-0.05, 0) is 6.07 Å². The molecule has 1 heterocycles. The molecular weight excluding hydrogens is 350 g/mol. The van der Waals surface area contributed by atoms with Crippen LogP contribution in [0.5, 0.6) is 0 Å². The largest absolute Gasteiger partial charge is 0.452 e. The minimum atomic E-state index is -0.693.